The lowest BCUT2D eigenvalue weighted by Gasteiger charge is -2.23. The minimum atomic E-state index is -0.822. The van der Waals surface area contributed by atoms with Crippen LogP contribution in [0, 0.1) is 0 Å². The molecule has 3 aromatic rings. The van der Waals surface area contributed by atoms with E-state index in [-0.39, 0.29) is 11.3 Å². The largest absolute Gasteiger partial charge is 0.503 e. The minimum absolute atomic E-state index is 0.0310. The maximum Gasteiger partial charge on any atom is 0.296 e. The van der Waals surface area contributed by atoms with Crippen molar-refractivity contribution in [2.24, 2.45) is 0 Å². The van der Waals surface area contributed by atoms with Crippen LogP contribution >= 0.6 is 23.1 Å². The number of aromatic nitrogens is 2. The van der Waals surface area contributed by atoms with Crippen LogP contribution in [0.25, 0.3) is 0 Å². The Labute approximate surface area is 181 Å². The summed E-state index contributed by atoms with van der Waals surface area (Å²) < 4.78 is 5.96. The van der Waals surface area contributed by atoms with Crippen LogP contribution in [0.3, 0.4) is 0 Å². The van der Waals surface area contributed by atoms with Crippen molar-refractivity contribution < 1.29 is 19.1 Å². The van der Waals surface area contributed by atoms with Gasteiger partial charge >= 0.3 is 0 Å². The number of hydrogen-bond donors (Lipinski definition) is 1. The van der Waals surface area contributed by atoms with Gasteiger partial charge in [-0.15, -0.1) is 10.2 Å². The zero-order chi connectivity index (χ0) is 21.1. The van der Waals surface area contributed by atoms with Crippen LogP contribution in [0.1, 0.15) is 41.9 Å². The lowest BCUT2D eigenvalue weighted by atomic mass is 9.95. The lowest BCUT2D eigenvalue weighted by Crippen LogP contribution is -2.31. The van der Waals surface area contributed by atoms with Gasteiger partial charge < -0.3 is 9.52 Å². The highest BCUT2D eigenvalue weighted by molar-refractivity contribution is 8.01. The SMILES string of the molecule is CCCCSc1nnc(N2C(=O)C(O)=C(C(=O)c3ccco3)[C@@H]2c2ccccc2)s1. The number of ketones is 1. The number of thioether (sulfide) groups is 1. The number of rotatable bonds is 8. The first-order valence-corrected chi connectivity index (χ1v) is 11.3. The molecule has 1 aromatic carbocycles. The molecule has 2 aromatic heterocycles. The maximum atomic E-state index is 13.1. The van der Waals surface area contributed by atoms with Gasteiger partial charge in [0.15, 0.2) is 15.9 Å². The third kappa shape index (κ3) is 3.78. The number of anilines is 1. The highest BCUT2D eigenvalue weighted by Crippen LogP contribution is 2.43. The summed E-state index contributed by atoms with van der Waals surface area (Å²) >= 11 is 2.85. The standard InChI is InChI=1S/C21H19N3O4S2/c1-2-3-12-29-21-23-22-20(30-21)24-16(13-8-5-4-6-9-13)15(18(26)19(24)27)17(25)14-10-7-11-28-14/h4-11,16,26H,2-3,12H2,1H3/t16-/m0/s1. The number of aliphatic hydroxyl groups excluding tert-OH is 1. The number of nitrogens with zero attached hydrogens (tertiary/aromatic N) is 3. The first-order valence-electron chi connectivity index (χ1n) is 9.48. The zero-order valence-corrected chi connectivity index (χ0v) is 17.8. The van der Waals surface area contributed by atoms with Crippen LogP contribution in [0.15, 0.2) is 68.8 Å². The van der Waals surface area contributed by atoms with Crippen molar-refractivity contribution in [3.05, 3.63) is 71.4 Å². The Morgan fingerprint density at radius 1 is 1.23 bits per heavy atom. The third-order valence-corrected chi connectivity index (χ3v) is 6.78. The van der Waals surface area contributed by atoms with Gasteiger partial charge in [-0.05, 0) is 24.1 Å². The van der Waals surface area contributed by atoms with Crippen molar-refractivity contribution in [3.63, 3.8) is 0 Å². The van der Waals surface area contributed by atoms with Gasteiger partial charge in [-0.3, -0.25) is 14.5 Å². The van der Waals surface area contributed by atoms with Gasteiger partial charge in [0.05, 0.1) is 17.9 Å². The molecule has 1 amide bonds. The molecule has 7 nitrogen and oxygen atoms in total. The fraction of sp³-hybridized carbons (Fsp3) is 0.238. The Morgan fingerprint density at radius 2 is 2.03 bits per heavy atom. The van der Waals surface area contributed by atoms with Crippen molar-refractivity contribution in [3.8, 4) is 0 Å². The molecular formula is C21H19N3O4S2. The van der Waals surface area contributed by atoms with Gasteiger partial charge in [-0.2, -0.15) is 0 Å². The summed E-state index contributed by atoms with van der Waals surface area (Å²) in [5.74, 6) is -0.849. The Hall–Kier alpha value is -2.91. The number of aliphatic hydroxyl groups is 1. The number of hydrogen-bond acceptors (Lipinski definition) is 8. The first kappa shape index (κ1) is 20.4. The molecule has 154 valence electrons. The summed E-state index contributed by atoms with van der Waals surface area (Å²) in [7, 11) is 0. The number of carbonyl (C=O) groups excluding carboxylic acids is 2. The van der Waals surface area contributed by atoms with Gasteiger partial charge in [0.1, 0.15) is 0 Å². The molecule has 0 spiro atoms. The van der Waals surface area contributed by atoms with Gasteiger partial charge in [0, 0.05) is 5.75 Å². The van der Waals surface area contributed by atoms with E-state index in [2.05, 4.69) is 17.1 Å². The summed E-state index contributed by atoms with van der Waals surface area (Å²) in [6, 6.07) is 11.3. The van der Waals surface area contributed by atoms with Crippen LogP contribution in [0.2, 0.25) is 0 Å². The second-order valence-electron chi connectivity index (χ2n) is 6.61. The smallest absolute Gasteiger partial charge is 0.296 e. The second-order valence-corrected chi connectivity index (χ2v) is 8.91. The lowest BCUT2D eigenvalue weighted by molar-refractivity contribution is -0.117. The summed E-state index contributed by atoms with van der Waals surface area (Å²) in [5.41, 5.74) is 0.650. The first-order chi connectivity index (χ1) is 14.6. The molecule has 0 unspecified atom stereocenters. The molecule has 1 aliphatic rings. The molecule has 9 heteroatoms. The summed E-state index contributed by atoms with van der Waals surface area (Å²) in [6.07, 6.45) is 3.51. The zero-order valence-electron chi connectivity index (χ0n) is 16.1. The molecule has 1 aliphatic heterocycles. The quantitative estimate of drug-likeness (QED) is 0.232. The van der Waals surface area contributed by atoms with Crippen LogP contribution in [-0.2, 0) is 4.79 Å². The molecule has 0 fully saturated rings. The molecule has 0 bridgehead atoms. The molecular weight excluding hydrogens is 422 g/mol. The van der Waals surface area contributed by atoms with Crippen molar-refractivity contribution in [2.45, 2.75) is 30.1 Å². The molecule has 1 N–H and O–H groups in total. The summed E-state index contributed by atoms with van der Waals surface area (Å²) in [6.45, 7) is 2.12. The monoisotopic (exact) mass is 441 g/mol. The number of furan rings is 1. The van der Waals surface area contributed by atoms with Crippen molar-refractivity contribution >= 4 is 39.9 Å². The average molecular weight is 442 g/mol. The van der Waals surface area contributed by atoms with E-state index in [1.165, 1.54) is 28.6 Å². The Balaban J connectivity index is 1.74. The highest BCUT2D eigenvalue weighted by atomic mass is 32.2. The fourth-order valence-corrected chi connectivity index (χ4v) is 5.21. The number of Topliss-reactive ketones (excluding diaryl/α,β-unsaturated/α-hetero) is 1. The van der Waals surface area contributed by atoms with E-state index < -0.39 is 23.5 Å². The fourth-order valence-electron chi connectivity index (χ4n) is 3.19. The van der Waals surface area contributed by atoms with Gasteiger partial charge in [-0.1, -0.05) is 66.8 Å². The third-order valence-electron chi connectivity index (χ3n) is 4.64. The molecule has 0 saturated heterocycles. The highest BCUT2D eigenvalue weighted by Gasteiger charge is 2.46. The Kier molecular flexibility index (Phi) is 6.01. The summed E-state index contributed by atoms with van der Waals surface area (Å²) in [5, 5.41) is 19.3. The van der Waals surface area contributed by atoms with E-state index >= 15 is 0 Å². The van der Waals surface area contributed by atoms with E-state index in [1.54, 1.807) is 30.0 Å². The van der Waals surface area contributed by atoms with Crippen LogP contribution in [0.4, 0.5) is 5.13 Å². The topological polar surface area (TPSA) is 96.5 Å². The van der Waals surface area contributed by atoms with Crippen molar-refractivity contribution in [2.75, 3.05) is 10.7 Å². The molecule has 0 saturated carbocycles. The number of benzene rings is 1. The average Bonchev–Trinajstić information content (AvgIpc) is 3.50. The molecule has 0 radical (unpaired) electrons. The second kappa shape index (κ2) is 8.85. The van der Waals surface area contributed by atoms with Crippen LogP contribution < -0.4 is 4.90 Å². The van der Waals surface area contributed by atoms with E-state index in [0.717, 1.165) is 22.9 Å². The molecule has 30 heavy (non-hydrogen) atoms. The van der Waals surface area contributed by atoms with Crippen molar-refractivity contribution in [1.29, 1.82) is 0 Å². The Bertz CT molecular complexity index is 1080. The predicted octanol–water partition coefficient (Wildman–Crippen LogP) is 4.81. The van der Waals surface area contributed by atoms with Crippen LogP contribution in [-0.4, -0.2) is 32.7 Å². The molecule has 1 atom stereocenters. The number of unbranched alkanes of at least 4 members (excludes halogenated alkanes) is 1. The normalized spacial score (nSPS) is 16.5. The molecule has 0 aliphatic carbocycles. The van der Waals surface area contributed by atoms with E-state index in [0.29, 0.717) is 10.7 Å². The maximum absolute atomic E-state index is 13.1. The predicted molar refractivity (Wildman–Crippen MR) is 115 cm³/mol. The van der Waals surface area contributed by atoms with Gasteiger partial charge in [-0.25, -0.2) is 0 Å². The van der Waals surface area contributed by atoms with E-state index in [1.807, 2.05) is 18.2 Å². The van der Waals surface area contributed by atoms with Crippen molar-refractivity contribution in [1.82, 2.24) is 10.2 Å². The Morgan fingerprint density at radius 3 is 2.73 bits per heavy atom. The minimum Gasteiger partial charge on any atom is -0.503 e. The molecule has 4 rings (SSSR count). The van der Waals surface area contributed by atoms with Gasteiger partial charge in [0.25, 0.3) is 5.91 Å². The summed E-state index contributed by atoms with van der Waals surface area (Å²) in [4.78, 5) is 27.4. The van der Waals surface area contributed by atoms with Crippen LogP contribution in [0.5, 0.6) is 0 Å². The van der Waals surface area contributed by atoms with Gasteiger partial charge in [0.2, 0.25) is 10.9 Å². The number of carbonyl (C=O) groups is 2. The van der Waals surface area contributed by atoms with E-state index in [4.69, 9.17) is 4.42 Å². The van der Waals surface area contributed by atoms with E-state index in [9.17, 15) is 14.7 Å². The number of amides is 1. The molecule has 3 heterocycles.